The minimum absolute atomic E-state index is 0.396. The second kappa shape index (κ2) is 6.40. The van der Waals surface area contributed by atoms with Gasteiger partial charge in [0.15, 0.2) is 0 Å². The van der Waals surface area contributed by atoms with Crippen molar-refractivity contribution in [2.24, 2.45) is 0 Å². The molecule has 9 heteroatoms. The van der Waals surface area contributed by atoms with Crippen LogP contribution in [0.5, 0.6) is 0 Å². The molecule has 1 rings (SSSR count). The molecule has 0 amide bonds. The molecule has 0 saturated heterocycles. The van der Waals surface area contributed by atoms with E-state index < -0.39 is 10.9 Å². The molecule has 1 heterocycles. The van der Waals surface area contributed by atoms with Crippen molar-refractivity contribution in [3.05, 3.63) is 22.4 Å². The van der Waals surface area contributed by atoms with E-state index in [1.165, 1.54) is 6.20 Å². The maximum absolute atomic E-state index is 10.3. The van der Waals surface area contributed by atoms with Crippen LogP contribution in [0.2, 0.25) is 0 Å². The molecule has 0 saturated carbocycles. The maximum Gasteiger partial charge on any atom is 0.361 e. The highest BCUT2D eigenvalue weighted by molar-refractivity contribution is 8.24. The Bertz CT molecular complexity index is 348. The Balaban J connectivity index is 0.000000292. The molecule has 0 aliphatic rings. The third-order valence-electron chi connectivity index (χ3n) is 0.988. The Morgan fingerprint density at radius 2 is 2.00 bits per heavy atom. The molecule has 0 spiro atoms. The molecule has 1 aromatic heterocycles. The van der Waals surface area contributed by atoms with E-state index in [1.54, 1.807) is 0 Å². The third-order valence-corrected chi connectivity index (χ3v) is 0.988. The van der Waals surface area contributed by atoms with Gasteiger partial charge in [-0.15, -0.1) is 0 Å². The topological polar surface area (TPSA) is 75.7 Å². The summed E-state index contributed by atoms with van der Waals surface area (Å²) in [5.41, 5.74) is 0.404. The molecule has 0 aliphatic carbocycles. The second-order valence-electron chi connectivity index (χ2n) is 2.03. The normalized spacial score (nSPS) is 10.3. The molecule has 14 heavy (non-hydrogen) atoms. The van der Waals surface area contributed by atoms with Crippen molar-refractivity contribution in [2.45, 2.75) is 13.3 Å². The molecular weight excluding hydrogens is 271 g/mol. The van der Waals surface area contributed by atoms with Gasteiger partial charge < -0.3 is 0 Å². The van der Waals surface area contributed by atoms with E-state index >= 15 is 0 Å². The Kier molecular flexibility index (Phi) is 6.36. The molecule has 0 radical (unpaired) electrons. The van der Waals surface area contributed by atoms with Gasteiger partial charge in [-0.2, -0.15) is 10.1 Å². The van der Waals surface area contributed by atoms with Crippen molar-refractivity contribution in [3.63, 3.8) is 0 Å². The summed E-state index contributed by atoms with van der Waals surface area (Å²) in [6.07, 6.45) is 2.27. The number of aryl methyl sites for hydroxylation is 1. The first-order valence-corrected chi connectivity index (χ1v) is 7.84. The predicted octanol–water partition coefficient (Wildman–Crippen LogP) is 2.54. The van der Waals surface area contributed by atoms with E-state index in [1.807, 2.05) is 6.92 Å². The van der Waals surface area contributed by atoms with Gasteiger partial charge in [0.25, 0.3) is 0 Å². The van der Waals surface area contributed by atoms with Gasteiger partial charge >= 0.3 is 10.9 Å². The highest BCUT2D eigenvalue weighted by atomic mass is 36.0. The first-order chi connectivity index (χ1) is 6.33. The zero-order valence-electron chi connectivity index (χ0n) is 7.08. The summed E-state index contributed by atoms with van der Waals surface area (Å²) in [7, 11) is 0. The number of aromatic amines is 1. The van der Waals surface area contributed by atoms with Gasteiger partial charge in [-0.1, -0.05) is 6.92 Å². The summed E-state index contributed by atoms with van der Waals surface area (Å²) in [6, 6.07) is 0. The quantitative estimate of drug-likeness (QED) is 0.801. The summed E-state index contributed by atoms with van der Waals surface area (Å²) in [6.45, 7) is 1.95. The van der Waals surface area contributed by atoms with Crippen LogP contribution < -0.4 is 5.69 Å². The highest BCUT2D eigenvalue weighted by Gasteiger charge is 2.02. The first-order valence-electron chi connectivity index (χ1n) is 3.42. The van der Waals surface area contributed by atoms with Crippen LogP contribution in [-0.4, -0.2) is 15.2 Å². The predicted molar refractivity (Wildman–Crippen MR) is 57.2 cm³/mol. The van der Waals surface area contributed by atoms with Crippen LogP contribution >= 0.6 is 38.9 Å². The molecule has 1 N–H and O–H groups in total. The smallest absolute Gasteiger partial charge is 0.271 e. The Labute approximate surface area is 94.5 Å². The van der Waals surface area contributed by atoms with Crippen LogP contribution in [0.4, 0.5) is 0 Å². The fourth-order valence-corrected chi connectivity index (χ4v) is 0.481. The molecule has 80 valence electrons. The van der Waals surface area contributed by atoms with Gasteiger partial charge in [0.1, 0.15) is 0 Å². The number of hydrogen-bond donors (Lipinski definition) is 1. The highest BCUT2D eigenvalue weighted by Crippen LogP contribution is 2.61. The van der Waals surface area contributed by atoms with Crippen molar-refractivity contribution in [2.75, 3.05) is 0 Å². The third kappa shape index (κ3) is 9.99. The molecule has 0 bridgehead atoms. The van der Waals surface area contributed by atoms with Crippen molar-refractivity contribution in [1.82, 2.24) is 15.2 Å². The molecular formula is C5H7Cl3N3O2P. The lowest BCUT2D eigenvalue weighted by atomic mass is 10.4. The molecule has 0 aromatic carbocycles. The number of nitrogens with one attached hydrogen (secondary N) is 1. The van der Waals surface area contributed by atoms with Gasteiger partial charge in [0, 0.05) is 0 Å². The lowest BCUT2D eigenvalue weighted by molar-refractivity contribution is 0.600. The maximum atomic E-state index is 10.3. The van der Waals surface area contributed by atoms with Gasteiger partial charge in [-0.3, -0.25) is 4.57 Å². The number of nitrogens with zero attached hydrogens (tertiary/aromatic N) is 2. The van der Waals surface area contributed by atoms with E-state index in [0.717, 1.165) is 12.1 Å². The molecule has 1 aromatic rings. The minimum atomic E-state index is -3.22. The Morgan fingerprint density at radius 1 is 1.50 bits per heavy atom. The number of halogens is 3. The Hall–Kier alpha value is -0.0900. The second-order valence-corrected chi connectivity index (χ2v) is 8.67. The van der Waals surface area contributed by atoms with E-state index in [9.17, 15) is 9.36 Å². The first kappa shape index (κ1) is 13.9. The molecule has 0 unspecified atom stereocenters. The van der Waals surface area contributed by atoms with Crippen LogP contribution in [0.25, 0.3) is 0 Å². The lowest BCUT2D eigenvalue weighted by Crippen LogP contribution is -2.12. The van der Waals surface area contributed by atoms with Crippen LogP contribution in [-0.2, 0) is 11.0 Å². The average molecular weight is 278 g/mol. The molecule has 0 aliphatic heterocycles. The van der Waals surface area contributed by atoms with Gasteiger partial charge in [0.2, 0.25) is 0 Å². The monoisotopic (exact) mass is 277 g/mol. The summed E-state index contributed by atoms with van der Waals surface area (Å²) in [5, 5.41) is 2.71. The van der Waals surface area contributed by atoms with Gasteiger partial charge in [-0.05, 0) is 40.1 Å². The largest absolute Gasteiger partial charge is 0.361 e. The van der Waals surface area contributed by atoms with Crippen LogP contribution in [0.3, 0.4) is 0 Å². The van der Waals surface area contributed by atoms with Crippen molar-refractivity contribution in [3.8, 4) is 0 Å². The summed E-state index contributed by atoms with van der Waals surface area (Å²) < 4.78 is 9.51. The minimum Gasteiger partial charge on any atom is -0.271 e. The molecule has 0 fully saturated rings. The Morgan fingerprint density at radius 3 is 2.29 bits per heavy atom. The number of hydrogen-bond acceptors (Lipinski definition) is 4. The number of H-pyrrole nitrogens is 1. The van der Waals surface area contributed by atoms with Crippen LogP contribution in [0.15, 0.2) is 11.0 Å². The number of aromatic nitrogens is 3. The van der Waals surface area contributed by atoms with Gasteiger partial charge in [0.05, 0.1) is 11.9 Å². The fourth-order valence-electron chi connectivity index (χ4n) is 0.481. The summed E-state index contributed by atoms with van der Waals surface area (Å²) in [4.78, 5) is 13.8. The molecule has 0 atom stereocenters. The van der Waals surface area contributed by atoms with Crippen LogP contribution in [0.1, 0.15) is 12.6 Å². The van der Waals surface area contributed by atoms with E-state index in [-0.39, 0.29) is 0 Å². The number of rotatable bonds is 1. The zero-order valence-corrected chi connectivity index (χ0v) is 10.2. The van der Waals surface area contributed by atoms with Crippen LogP contribution in [0, 0.1) is 0 Å². The summed E-state index contributed by atoms with van der Waals surface area (Å²) in [5.74, 6) is 0. The summed E-state index contributed by atoms with van der Waals surface area (Å²) >= 11 is 13.8. The lowest BCUT2D eigenvalue weighted by Gasteiger charge is -1.87. The van der Waals surface area contributed by atoms with E-state index in [4.69, 9.17) is 0 Å². The van der Waals surface area contributed by atoms with Crippen molar-refractivity contribution >= 4 is 38.9 Å². The van der Waals surface area contributed by atoms with Crippen molar-refractivity contribution < 1.29 is 4.57 Å². The SMILES string of the molecule is CCc1cnc(=O)[nH]n1.O=P(Cl)(Cl)Cl. The van der Waals surface area contributed by atoms with Crippen molar-refractivity contribution in [1.29, 1.82) is 0 Å². The molecule has 5 nitrogen and oxygen atoms in total. The average Bonchev–Trinajstić information content (AvgIpc) is 2.03. The standard InChI is InChI=1S/C5H7N3O.Cl3OP/c1-2-4-3-6-5(9)8-7-4;1-5(2,3)4/h3H,2H2,1H3,(H,6,8,9);. The van der Waals surface area contributed by atoms with Gasteiger partial charge in [-0.25, -0.2) is 9.89 Å². The fraction of sp³-hybridized carbons (Fsp3) is 0.400. The van der Waals surface area contributed by atoms with E-state index in [2.05, 4.69) is 48.9 Å². The zero-order chi connectivity index (χ0) is 11.2. The van der Waals surface area contributed by atoms with E-state index in [0.29, 0.717) is 0 Å².